The van der Waals surface area contributed by atoms with Gasteiger partial charge in [-0.25, -0.2) is 4.79 Å². The summed E-state index contributed by atoms with van der Waals surface area (Å²) < 4.78 is 0. The van der Waals surface area contributed by atoms with Crippen molar-refractivity contribution in [3.8, 4) is 0 Å². The van der Waals surface area contributed by atoms with E-state index < -0.39 is 0 Å². The van der Waals surface area contributed by atoms with Crippen molar-refractivity contribution in [1.29, 1.82) is 0 Å². The number of carbonyl (C=O) groups is 1. The van der Waals surface area contributed by atoms with Crippen LogP contribution in [0.3, 0.4) is 0 Å². The highest BCUT2D eigenvalue weighted by Gasteiger charge is 2.27. The van der Waals surface area contributed by atoms with Crippen molar-refractivity contribution in [3.63, 3.8) is 0 Å². The van der Waals surface area contributed by atoms with Gasteiger partial charge in [0, 0.05) is 17.8 Å². The number of hydrogen-bond acceptors (Lipinski definition) is 2. The summed E-state index contributed by atoms with van der Waals surface area (Å²) in [6, 6.07) is 11.6. The number of fused-ring (bicyclic) bond motifs is 2. The Bertz CT molecular complexity index is 1040. The average molecular weight is 335 g/mol. The largest absolute Gasteiger partial charge is 0.323 e. The van der Waals surface area contributed by atoms with Crippen LogP contribution in [0.4, 0.5) is 5.69 Å². The van der Waals surface area contributed by atoms with E-state index in [1.807, 2.05) is 4.90 Å². The van der Waals surface area contributed by atoms with E-state index in [4.69, 9.17) is 0 Å². The molecule has 2 N–H and O–H groups in total. The van der Waals surface area contributed by atoms with Crippen LogP contribution < -0.4 is 10.6 Å². The summed E-state index contributed by atoms with van der Waals surface area (Å²) in [6.07, 6.45) is 0.869. The van der Waals surface area contributed by atoms with Crippen LogP contribution in [0.15, 0.2) is 41.2 Å². The van der Waals surface area contributed by atoms with Gasteiger partial charge in [-0.1, -0.05) is 32.9 Å². The van der Waals surface area contributed by atoms with Gasteiger partial charge >= 0.3 is 5.69 Å². The van der Waals surface area contributed by atoms with Gasteiger partial charge in [-0.05, 0) is 47.2 Å². The Hall–Kier alpha value is -2.82. The second-order valence-corrected chi connectivity index (χ2v) is 7.64. The van der Waals surface area contributed by atoms with E-state index in [-0.39, 0.29) is 17.0 Å². The van der Waals surface area contributed by atoms with Gasteiger partial charge in [0.2, 0.25) is 0 Å². The number of anilines is 1. The topological polar surface area (TPSA) is 69.0 Å². The molecule has 0 bridgehead atoms. The Kier molecular flexibility index (Phi) is 3.35. The Morgan fingerprint density at radius 2 is 1.80 bits per heavy atom. The van der Waals surface area contributed by atoms with Crippen molar-refractivity contribution in [2.75, 3.05) is 11.4 Å². The number of hydrogen-bond donors (Lipinski definition) is 2. The summed E-state index contributed by atoms with van der Waals surface area (Å²) >= 11 is 0. The van der Waals surface area contributed by atoms with Crippen LogP contribution in [0.2, 0.25) is 0 Å². The number of amides is 1. The third-order valence-corrected chi connectivity index (χ3v) is 4.85. The lowest BCUT2D eigenvalue weighted by Crippen LogP contribution is -2.28. The molecule has 128 valence electrons. The lowest BCUT2D eigenvalue weighted by atomic mass is 9.86. The van der Waals surface area contributed by atoms with E-state index >= 15 is 0 Å². The first-order valence-corrected chi connectivity index (χ1v) is 8.50. The fourth-order valence-electron chi connectivity index (χ4n) is 3.40. The zero-order valence-corrected chi connectivity index (χ0v) is 14.6. The summed E-state index contributed by atoms with van der Waals surface area (Å²) in [6.45, 7) is 7.27. The second kappa shape index (κ2) is 5.34. The third kappa shape index (κ3) is 2.65. The van der Waals surface area contributed by atoms with Gasteiger partial charge in [-0.3, -0.25) is 4.79 Å². The fraction of sp³-hybridized carbons (Fsp3) is 0.300. The highest BCUT2D eigenvalue weighted by molar-refractivity contribution is 6.08. The molecule has 0 radical (unpaired) electrons. The molecule has 1 aliphatic heterocycles. The minimum atomic E-state index is -0.263. The zero-order valence-electron chi connectivity index (χ0n) is 14.6. The Balaban J connectivity index is 1.69. The fourth-order valence-corrected chi connectivity index (χ4v) is 3.40. The molecule has 0 atom stereocenters. The molecule has 2 aromatic carbocycles. The highest BCUT2D eigenvalue weighted by Crippen LogP contribution is 2.33. The normalized spacial score (nSPS) is 14.1. The van der Waals surface area contributed by atoms with Gasteiger partial charge in [0.25, 0.3) is 5.91 Å². The SMILES string of the molecule is CC(C)(C)c1ccc2c(c1)CCN2C(=O)c1ccc2[nH]c(=O)[nH]c2c1. The van der Waals surface area contributed by atoms with Gasteiger partial charge in [-0.2, -0.15) is 0 Å². The van der Waals surface area contributed by atoms with Crippen molar-refractivity contribution in [3.05, 3.63) is 63.6 Å². The maximum absolute atomic E-state index is 13.0. The minimum absolute atomic E-state index is 0.0359. The molecule has 1 amide bonds. The number of rotatable bonds is 1. The van der Waals surface area contributed by atoms with E-state index in [1.165, 1.54) is 11.1 Å². The first kappa shape index (κ1) is 15.7. The van der Waals surface area contributed by atoms with Crippen molar-refractivity contribution < 1.29 is 4.79 Å². The van der Waals surface area contributed by atoms with Crippen LogP contribution in [0.1, 0.15) is 42.3 Å². The third-order valence-electron chi connectivity index (χ3n) is 4.85. The number of nitrogens with one attached hydrogen (secondary N) is 2. The monoisotopic (exact) mass is 335 g/mol. The van der Waals surface area contributed by atoms with Crippen LogP contribution in [0, 0.1) is 0 Å². The van der Waals surface area contributed by atoms with Gasteiger partial charge in [0.05, 0.1) is 11.0 Å². The molecule has 5 nitrogen and oxygen atoms in total. The molecule has 0 unspecified atom stereocenters. The van der Waals surface area contributed by atoms with Crippen LogP contribution in [-0.2, 0) is 11.8 Å². The van der Waals surface area contributed by atoms with E-state index in [0.717, 1.165) is 12.1 Å². The molecule has 5 heteroatoms. The average Bonchev–Trinajstić information content (AvgIpc) is 3.14. The molecule has 4 rings (SSSR count). The molecular weight excluding hydrogens is 314 g/mol. The number of aromatic nitrogens is 2. The molecular formula is C20H21N3O2. The molecule has 0 saturated heterocycles. The van der Waals surface area contributed by atoms with Gasteiger partial charge in [-0.15, -0.1) is 0 Å². The van der Waals surface area contributed by atoms with E-state index in [9.17, 15) is 9.59 Å². The van der Waals surface area contributed by atoms with Crippen LogP contribution in [0.5, 0.6) is 0 Å². The number of aromatic amines is 2. The quantitative estimate of drug-likeness (QED) is 0.716. The summed E-state index contributed by atoms with van der Waals surface area (Å²) in [7, 11) is 0. The maximum atomic E-state index is 13.0. The number of imidazole rings is 1. The molecule has 25 heavy (non-hydrogen) atoms. The van der Waals surface area contributed by atoms with E-state index in [1.54, 1.807) is 18.2 Å². The molecule has 0 fully saturated rings. The van der Waals surface area contributed by atoms with Crippen LogP contribution in [-0.4, -0.2) is 22.4 Å². The lowest BCUT2D eigenvalue weighted by Gasteiger charge is -2.21. The highest BCUT2D eigenvalue weighted by atomic mass is 16.2. The van der Waals surface area contributed by atoms with E-state index in [2.05, 4.69) is 48.9 Å². The first-order valence-electron chi connectivity index (χ1n) is 8.50. The minimum Gasteiger partial charge on any atom is -0.308 e. The standard InChI is InChI=1S/C20H21N3O2/c1-20(2,3)14-5-7-17-12(10-14)8-9-23(17)18(24)13-4-6-15-16(11-13)22-19(25)21-15/h4-7,10-11H,8-9H2,1-3H3,(H2,21,22,25). The zero-order chi connectivity index (χ0) is 17.8. The maximum Gasteiger partial charge on any atom is 0.323 e. The first-order chi connectivity index (χ1) is 11.8. The Morgan fingerprint density at radius 1 is 1.04 bits per heavy atom. The predicted octanol–water partition coefficient (Wildman–Crippen LogP) is 3.36. The number of H-pyrrole nitrogens is 2. The second-order valence-electron chi connectivity index (χ2n) is 7.64. The summed E-state index contributed by atoms with van der Waals surface area (Å²) in [4.78, 5) is 31.6. The van der Waals surface area contributed by atoms with Crippen molar-refractivity contribution in [1.82, 2.24) is 9.97 Å². The van der Waals surface area contributed by atoms with Gasteiger partial charge in [0.15, 0.2) is 0 Å². The molecule has 0 aliphatic carbocycles. The smallest absolute Gasteiger partial charge is 0.308 e. The molecule has 1 aromatic heterocycles. The van der Waals surface area contributed by atoms with Gasteiger partial charge < -0.3 is 14.9 Å². The number of benzene rings is 2. The number of carbonyl (C=O) groups excluding carboxylic acids is 1. The Labute approximate surface area is 145 Å². The molecule has 0 saturated carbocycles. The molecule has 0 spiro atoms. The summed E-state index contributed by atoms with van der Waals surface area (Å²) in [5.41, 5.74) is 5.26. The predicted molar refractivity (Wildman–Crippen MR) is 99.4 cm³/mol. The van der Waals surface area contributed by atoms with Gasteiger partial charge in [0.1, 0.15) is 0 Å². The van der Waals surface area contributed by atoms with E-state index in [0.29, 0.717) is 23.1 Å². The summed E-state index contributed by atoms with van der Waals surface area (Å²) in [5, 5.41) is 0. The van der Waals surface area contributed by atoms with Crippen molar-refractivity contribution >= 4 is 22.6 Å². The summed E-state index contributed by atoms with van der Waals surface area (Å²) in [5.74, 6) is -0.0359. The van der Waals surface area contributed by atoms with Crippen molar-refractivity contribution in [2.24, 2.45) is 0 Å². The van der Waals surface area contributed by atoms with Crippen molar-refractivity contribution in [2.45, 2.75) is 32.6 Å². The lowest BCUT2D eigenvalue weighted by molar-refractivity contribution is 0.0989. The van der Waals surface area contributed by atoms with Crippen LogP contribution in [0.25, 0.3) is 11.0 Å². The number of nitrogens with zero attached hydrogens (tertiary/aromatic N) is 1. The Morgan fingerprint density at radius 3 is 2.56 bits per heavy atom. The van der Waals surface area contributed by atoms with Crippen LogP contribution >= 0.6 is 0 Å². The molecule has 1 aliphatic rings. The molecule has 2 heterocycles. The molecule has 3 aromatic rings.